The predicted molar refractivity (Wildman–Crippen MR) is 82.4 cm³/mol. The molecular formula is C14H18Cl2N2O2. The van der Waals surface area contributed by atoms with Crippen LogP contribution in [0.25, 0.3) is 0 Å². The van der Waals surface area contributed by atoms with Crippen molar-refractivity contribution in [2.24, 2.45) is 0 Å². The molecule has 0 aromatic heterocycles. The summed E-state index contributed by atoms with van der Waals surface area (Å²) in [6, 6.07) is 4.90. The van der Waals surface area contributed by atoms with Gasteiger partial charge in [0.25, 0.3) is 0 Å². The number of amides is 2. The zero-order chi connectivity index (χ0) is 15.1. The van der Waals surface area contributed by atoms with Crippen molar-refractivity contribution < 1.29 is 9.59 Å². The van der Waals surface area contributed by atoms with Crippen molar-refractivity contribution in [2.45, 2.75) is 26.7 Å². The van der Waals surface area contributed by atoms with E-state index in [0.29, 0.717) is 22.3 Å². The molecule has 4 nitrogen and oxygen atoms in total. The number of nitrogens with one attached hydrogen (secondary N) is 1. The minimum atomic E-state index is -0.183. The van der Waals surface area contributed by atoms with Crippen LogP contribution in [0.1, 0.15) is 26.7 Å². The molecule has 0 aliphatic carbocycles. The first-order valence-electron chi connectivity index (χ1n) is 6.45. The van der Waals surface area contributed by atoms with E-state index in [4.69, 9.17) is 23.2 Å². The Balaban J connectivity index is 2.77. The minimum Gasteiger partial charge on any atom is -0.356 e. The van der Waals surface area contributed by atoms with Gasteiger partial charge in [0.2, 0.25) is 11.8 Å². The first-order chi connectivity index (χ1) is 9.45. The zero-order valence-corrected chi connectivity index (χ0v) is 13.1. The van der Waals surface area contributed by atoms with E-state index in [9.17, 15) is 9.59 Å². The molecule has 0 aliphatic rings. The number of hydrogen-bond donors (Lipinski definition) is 1. The Morgan fingerprint density at radius 1 is 1.30 bits per heavy atom. The highest BCUT2D eigenvalue weighted by atomic mass is 35.5. The highest BCUT2D eigenvalue weighted by molar-refractivity contribution is 6.35. The lowest BCUT2D eigenvalue weighted by Crippen LogP contribution is -2.34. The smallest absolute Gasteiger partial charge is 0.223 e. The molecule has 1 aromatic rings. The molecule has 1 N–H and O–H groups in total. The third kappa shape index (κ3) is 5.02. The number of halogens is 2. The summed E-state index contributed by atoms with van der Waals surface area (Å²) in [5, 5.41) is 3.69. The molecular weight excluding hydrogens is 299 g/mol. The van der Waals surface area contributed by atoms with Gasteiger partial charge >= 0.3 is 0 Å². The van der Waals surface area contributed by atoms with Crippen molar-refractivity contribution in [2.75, 3.05) is 18.0 Å². The van der Waals surface area contributed by atoms with E-state index in [0.717, 1.165) is 6.42 Å². The van der Waals surface area contributed by atoms with E-state index in [1.807, 2.05) is 6.92 Å². The number of nitrogens with zero attached hydrogens (tertiary/aromatic N) is 1. The Morgan fingerprint density at radius 3 is 2.60 bits per heavy atom. The molecule has 2 amide bonds. The standard InChI is InChI=1S/C14H18Cl2N2O2/c1-3-7-17-14(20)6-8-18(10(2)19)13-9-11(15)4-5-12(13)16/h4-5,9H,3,6-8H2,1-2H3,(H,17,20). The summed E-state index contributed by atoms with van der Waals surface area (Å²) in [6.07, 6.45) is 1.10. The first-order valence-corrected chi connectivity index (χ1v) is 7.21. The summed E-state index contributed by atoms with van der Waals surface area (Å²) < 4.78 is 0. The van der Waals surface area contributed by atoms with Gasteiger partial charge < -0.3 is 10.2 Å². The molecule has 0 fully saturated rings. The van der Waals surface area contributed by atoms with E-state index >= 15 is 0 Å². The second-order valence-electron chi connectivity index (χ2n) is 4.37. The summed E-state index contributed by atoms with van der Waals surface area (Å²) in [6.45, 7) is 4.32. The number of carbonyl (C=O) groups is 2. The quantitative estimate of drug-likeness (QED) is 0.875. The molecule has 20 heavy (non-hydrogen) atoms. The maximum absolute atomic E-state index is 11.7. The van der Waals surface area contributed by atoms with E-state index in [2.05, 4.69) is 5.32 Å². The van der Waals surface area contributed by atoms with Crippen molar-refractivity contribution in [3.8, 4) is 0 Å². The number of benzene rings is 1. The van der Waals surface area contributed by atoms with Crippen LogP contribution in [0.2, 0.25) is 10.0 Å². The van der Waals surface area contributed by atoms with Crippen molar-refractivity contribution >= 4 is 40.7 Å². The van der Waals surface area contributed by atoms with Gasteiger partial charge in [0.05, 0.1) is 10.7 Å². The number of anilines is 1. The highest BCUT2D eigenvalue weighted by Gasteiger charge is 2.16. The van der Waals surface area contributed by atoms with Gasteiger partial charge in [0.1, 0.15) is 0 Å². The third-order valence-electron chi connectivity index (χ3n) is 2.71. The van der Waals surface area contributed by atoms with E-state index in [-0.39, 0.29) is 24.8 Å². The summed E-state index contributed by atoms with van der Waals surface area (Å²) >= 11 is 12.0. The molecule has 0 aliphatic heterocycles. The topological polar surface area (TPSA) is 49.4 Å². The Hall–Kier alpha value is -1.26. The summed E-state index contributed by atoms with van der Waals surface area (Å²) in [5.41, 5.74) is 0.523. The molecule has 0 unspecified atom stereocenters. The molecule has 0 heterocycles. The second kappa shape index (κ2) is 8.12. The SMILES string of the molecule is CCCNC(=O)CCN(C(C)=O)c1cc(Cl)ccc1Cl. The molecule has 0 spiro atoms. The fraction of sp³-hybridized carbons (Fsp3) is 0.429. The molecule has 0 radical (unpaired) electrons. The number of hydrogen-bond acceptors (Lipinski definition) is 2. The van der Waals surface area contributed by atoms with E-state index in [1.165, 1.54) is 11.8 Å². The van der Waals surface area contributed by atoms with Crippen molar-refractivity contribution in [1.29, 1.82) is 0 Å². The number of rotatable bonds is 6. The average Bonchev–Trinajstić information content (AvgIpc) is 2.40. The van der Waals surface area contributed by atoms with Crippen LogP contribution in [0.15, 0.2) is 18.2 Å². The lowest BCUT2D eigenvalue weighted by molar-refractivity contribution is -0.121. The first kappa shape index (κ1) is 16.8. The van der Waals surface area contributed by atoms with Gasteiger partial charge in [-0.15, -0.1) is 0 Å². The van der Waals surface area contributed by atoms with Crippen LogP contribution in [0.3, 0.4) is 0 Å². The van der Waals surface area contributed by atoms with E-state index in [1.54, 1.807) is 18.2 Å². The molecule has 1 aromatic carbocycles. The van der Waals surface area contributed by atoms with Crippen molar-refractivity contribution in [3.05, 3.63) is 28.2 Å². The molecule has 0 atom stereocenters. The van der Waals surface area contributed by atoms with Crippen LogP contribution >= 0.6 is 23.2 Å². The molecule has 1 rings (SSSR count). The Labute approximate surface area is 129 Å². The predicted octanol–water partition coefficient (Wildman–Crippen LogP) is 3.26. The van der Waals surface area contributed by atoms with Gasteiger partial charge in [-0.1, -0.05) is 30.1 Å². The van der Waals surface area contributed by atoms with Crippen LogP contribution in [-0.2, 0) is 9.59 Å². The average molecular weight is 317 g/mol. The van der Waals surface area contributed by atoms with Crippen LogP contribution < -0.4 is 10.2 Å². The Kier molecular flexibility index (Phi) is 6.82. The van der Waals surface area contributed by atoms with Gasteiger partial charge in [0, 0.05) is 31.5 Å². The molecule has 0 bridgehead atoms. The molecule has 110 valence electrons. The Morgan fingerprint density at radius 2 is 2.00 bits per heavy atom. The van der Waals surface area contributed by atoms with Gasteiger partial charge in [-0.2, -0.15) is 0 Å². The molecule has 0 saturated heterocycles. The van der Waals surface area contributed by atoms with Gasteiger partial charge in [-0.3, -0.25) is 9.59 Å². The van der Waals surface area contributed by atoms with Gasteiger partial charge in [0.15, 0.2) is 0 Å². The highest BCUT2D eigenvalue weighted by Crippen LogP contribution is 2.29. The van der Waals surface area contributed by atoms with E-state index < -0.39 is 0 Å². The maximum Gasteiger partial charge on any atom is 0.223 e. The molecule has 6 heteroatoms. The van der Waals surface area contributed by atoms with Crippen molar-refractivity contribution in [1.82, 2.24) is 5.32 Å². The Bertz CT molecular complexity index is 492. The molecule has 0 saturated carbocycles. The fourth-order valence-corrected chi connectivity index (χ4v) is 2.09. The fourth-order valence-electron chi connectivity index (χ4n) is 1.71. The normalized spacial score (nSPS) is 10.2. The monoisotopic (exact) mass is 316 g/mol. The maximum atomic E-state index is 11.7. The number of carbonyl (C=O) groups excluding carboxylic acids is 2. The zero-order valence-electron chi connectivity index (χ0n) is 11.6. The largest absolute Gasteiger partial charge is 0.356 e. The van der Waals surface area contributed by atoms with Gasteiger partial charge in [-0.05, 0) is 24.6 Å². The summed E-state index contributed by atoms with van der Waals surface area (Å²) in [5.74, 6) is -0.270. The second-order valence-corrected chi connectivity index (χ2v) is 5.21. The van der Waals surface area contributed by atoms with Crippen LogP contribution in [0.4, 0.5) is 5.69 Å². The minimum absolute atomic E-state index is 0.0868. The lowest BCUT2D eigenvalue weighted by atomic mass is 10.2. The lowest BCUT2D eigenvalue weighted by Gasteiger charge is -2.22. The third-order valence-corrected chi connectivity index (χ3v) is 3.27. The summed E-state index contributed by atoms with van der Waals surface area (Å²) in [7, 11) is 0. The van der Waals surface area contributed by atoms with Gasteiger partial charge in [-0.25, -0.2) is 0 Å². The summed E-state index contributed by atoms with van der Waals surface area (Å²) in [4.78, 5) is 24.8. The van der Waals surface area contributed by atoms with Crippen molar-refractivity contribution in [3.63, 3.8) is 0 Å². The van der Waals surface area contributed by atoms with Crippen LogP contribution in [-0.4, -0.2) is 24.9 Å². The van der Waals surface area contributed by atoms with Crippen LogP contribution in [0, 0.1) is 0 Å². The van der Waals surface area contributed by atoms with Crippen LogP contribution in [0.5, 0.6) is 0 Å².